The second-order valence-electron chi connectivity index (χ2n) is 5.60. The van der Waals surface area contributed by atoms with E-state index in [0.29, 0.717) is 0 Å². The van der Waals surface area contributed by atoms with Crippen LogP contribution in [0, 0.1) is 13.8 Å². The highest BCUT2D eigenvalue weighted by Crippen LogP contribution is 2.37. The van der Waals surface area contributed by atoms with E-state index in [0.717, 1.165) is 30.3 Å². The molecule has 3 nitrogen and oxygen atoms in total. The lowest BCUT2D eigenvalue weighted by Gasteiger charge is -2.21. The van der Waals surface area contributed by atoms with E-state index in [-0.39, 0.29) is 12.4 Å². The third-order valence-electron chi connectivity index (χ3n) is 4.27. The minimum absolute atomic E-state index is 0. The molecule has 2 aromatic rings. The number of anilines is 1. The molecule has 22 heavy (non-hydrogen) atoms. The van der Waals surface area contributed by atoms with Crippen molar-refractivity contribution < 1.29 is 9.47 Å². The van der Waals surface area contributed by atoms with Crippen molar-refractivity contribution in [2.45, 2.75) is 26.9 Å². The zero-order valence-corrected chi connectivity index (χ0v) is 14.3. The average molecular weight is 320 g/mol. The number of rotatable bonds is 3. The summed E-state index contributed by atoms with van der Waals surface area (Å²) >= 11 is 0. The molecule has 0 unspecified atom stereocenters. The van der Waals surface area contributed by atoms with E-state index in [2.05, 4.69) is 30.9 Å². The van der Waals surface area contributed by atoms with Gasteiger partial charge in [0, 0.05) is 19.2 Å². The maximum atomic E-state index is 5.51. The molecule has 0 bridgehead atoms. The Morgan fingerprint density at radius 3 is 1.95 bits per heavy atom. The fraction of sp³-hybridized carbons (Fsp3) is 0.333. The Balaban J connectivity index is 0.00000176. The molecule has 0 aliphatic carbocycles. The molecule has 3 rings (SSSR count). The quantitative estimate of drug-likeness (QED) is 0.843. The Bertz CT molecular complexity index is 654. The highest BCUT2D eigenvalue weighted by Gasteiger charge is 2.22. The summed E-state index contributed by atoms with van der Waals surface area (Å²) < 4.78 is 10.9. The summed E-state index contributed by atoms with van der Waals surface area (Å²) in [5.41, 5.74) is 6.61. The van der Waals surface area contributed by atoms with Gasteiger partial charge in [-0.05, 0) is 48.2 Å². The number of nitrogens with zero attached hydrogens (tertiary/aromatic N) is 1. The first-order chi connectivity index (χ1) is 10.1. The summed E-state index contributed by atoms with van der Waals surface area (Å²) in [7, 11) is 3.40. The van der Waals surface area contributed by atoms with Crippen LogP contribution in [0.2, 0.25) is 0 Å². The molecule has 0 fully saturated rings. The molecule has 0 amide bonds. The Kier molecular flexibility index (Phi) is 4.87. The predicted molar refractivity (Wildman–Crippen MR) is 92.6 cm³/mol. The largest absolute Gasteiger partial charge is 0.497 e. The molecule has 0 atom stereocenters. The van der Waals surface area contributed by atoms with Crippen molar-refractivity contribution >= 4 is 18.1 Å². The molecule has 1 aliphatic rings. The van der Waals surface area contributed by atoms with E-state index in [1.165, 1.54) is 22.3 Å². The topological polar surface area (TPSA) is 21.7 Å². The molecule has 0 saturated carbocycles. The molecule has 118 valence electrons. The lowest BCUT2D eigenvalue weighted by Crippen LogP contribution is -2.15. The van der Waals surface area contributed by atoms with Crippen LogP contribution in [0.5, 0.6) is 11.5 Å². The van der Waals surface area contributed by atoms with Gasteiger partial charge < -0.3 is 14.4 Å². The molecule has 2 aromatic carbocycles. The lowest BCUT2D eigenvalue weighted by molar-refractivity contribution is 0.403. The van der Waals surface area contributed by atoms with Crippen LogP contribution in [-0.4, -0.2) is 14.2 Å². The van der Waals surface area contributed by atoms with Gasteiger partial charge in [-0.25, -0.2) is 0 Å². The van der Waals surface area contributed by atoms with Gasteiger partial charge in [0.2, 0.25) is 0 Å². The highest BCUT2D eigenvalue weighted by molar-refractivity contribution is 5.85. The van der Waals surface area contributed by atoms with Gasteiger partial charge in [0.25, 0.3) is 0 Å². The standard InChI is InChI=1S/C18H21NO2.ClH/c1-12-7-14-10-19(11-15(14)8-13(12)2)17-9-16(20-3)5-6-18(17)21-4;/h5-9H,10-11H2,1-4H3;1H. The van der Waals surface area contributed by atoms with Crippen LogP contribution in [0.1, 0.15) is 22.3 Å². The van der Waals surface area contributed by atoms with Crippen LogP contribution >= 0.6 is 12.4 Å². The summed E-state index contributed by atoms with van der Waals surface area (Å²) in [5.74, 6) is 1.74. The number of aryl methyl sites for hydroxylation is 2. The van der Waals surface area contributed by atoms with E-state index in [9.17, 15) is 0 Å². The Morgan fingerprint density at radius 1 is 0.864 bits per heavy atom. The first kappa shape index (κ1) is 16.5. The molecular formula is C18H22ClNO2. The van der Waals surface area contributed by atoms with Crippen LogP contribution in [0.3, 0.4) is 0 Å². The van der Waals surface area contributed by atoms with Gasteiger partial charge in [0.05, 0.1) is 19.9 Å². The second-order valence-corrected chi connectivity index (χ2v) is 5.60. The van der Waals surface area contributed by atoms with Gasteiger partial charge in [-0.3, -0.25) is 0 Å². The Morgan fingerprint density at radius 2 is 1.45 bits per heavy atom. The van der Waals surface area contributed by atoms with Crippen molar-refractivity contribution in [1.82, 2.24) is 0 Å². The zero-order chi connectivity index (χ0) is 15.0. The van der Waals surface area contributed by atoms with Crippen molar-refractivity contribution in [3.63, 3.8) is 0 Å². The first-order valence-corrected chi connectivity index (χ1v) is 7.18. The highest BCUT2D eigenvalue weighted by atomic mass is 35.5. The molecule has 4 heteroatoms. The Hall–Kier alpha value is -1.87. The maximum absolute atomic E-state index is 5.51. The normalized spacial score (nSPS) is 12.6. The van der Waals surface area contributed by atoms with E-state index in [1.54, 1.807) is 14.2 Å². The van der Waals surface area contributed by atoms with E-state index >= 15 is 0 Å². The summed E-state index contributed by atoms with van der Waals surface area (Å²) in [6.07, 6.45) is 0. The third-order valence-corrected chi connectivity index (χ3v) is 4.27. The minimum atomic E-state index is 0. The van der Waals surface area contributed by atoms with Gasteiger partial charge in [-0.15, -0.1) is 12.4 Å². The molecular weight excluding hydrogens is 298 g/mol. The summed E-state index contributed by atoms with van der Waals surface area (Å²) in [5, 5.41) is 0. The van der Waals surface area contributed by atoms with Crippen LogP contribution in [0.25, 0.3) is 0 Å². The number of halogens is 1. The predicted octanol–water partition coefficient (Wildman–Crippen LogP) is 4.26. The average Bonchev–Trinajstić information content (AvgIpc) is 2.89. The van der Waals surface area contributed by atoms with Crippen molar-refractivity contribution in [3.8, 4) is 11.5 Å². The molecule has 0 spiro atoms. The van der Waals surface area contributed by atoms with Gasteiger partial charge in [0.1, 0.15) is 11.5 Å². The summed E-state index contributed by atoms with van der Waals surface area (Å²) in [6, 6.07) is 10.5. The fourth-order valence-electron chi connectivity index (χ4n) is 2.91. The van der Waals surface area contributed by atoms with Gasteiger partial charge in [-0.2, -0.15) is 0 Å². The minimum Gasteiger partial charge on any atom is -0.497 e. The van der Waals surface area contributed by atoms with Crippen molar-refractivity contribution in [3.05, 3.63) is 52.6 Å². The number of fused-ring (bicyclic) bond motifs is 1. The van der Waals surface area contributed by atoms with Crippen LogP contribution in [0.15, 0.2) is 30.3 Å². The SMILES string of the molecule is COc1ccc(OC)c(N2Cc3cc(C)c(C)cc3C2)c1.Cl. The Labute approximate surface area is 138 Å². The van der Waals surface area contributed by atoms with Crippen LogP contribution in [-0.2, 0) is 13.1 Å². The number of benzene rings is 2. The second kappa shape index (κ2) is 6.49. The fourth-order valence-corrected chi connectivity index (χ4v) is 2.91. The zero-order valence-electron chi connectivity index (χ0n) is 13.5. The van der Waals surface area contributed by atoms with Crippen molar-refractivity contribution in [2.75, 3.05) is 19.1 Å². The molecule has 0 N–H and O–H groups in total. The molecule has 0 aromatic heterocycles. The first-order valence-electron chi connectivity index (χ1n) is 7.18. The molecule has 0 saturated heterocycles. The van der Waals surface area contributed by atoms with Gasteiger partial charge in [0.15, 0.2) is 0 Å². The van der Waals surface area contributed by atoms with Gasteiger partial charge >= 0.3 is 0 Å². The van der Waals surface area contributed by atoms with Crippen molar-refractivity contribution in [2.24, 2.45) is 0 Å². The number of methoxy groups -OCH3 is 2. The van der Waals surface area contributed by atoms with Crippen LogP contribution in [0.4, 0.5) is 5.69 Å². The number of ether oxygens (including phenoxy) is 2. The number of hydrogen-bond acceptors (Lipinski definition) is 3. The monoisotopic (exact) mass is 319 g/mol. The van der Waals surface area contributed by atoms with Crippen molar-refractivity contribution in [1.29, 1.82) is 0 Å². The van der Waals surface area contributed by atoms with E-state index < -0.39 is 0 Å². The lowest BCUT2D eigenvalue weighted by atomic mass is 10.0. The summed E-state index contributed by atoms with van der Waals surface area (Å²) in [6.45, 7) is 6.18. The maximum Gasteiger partial charge on any atom is 0.142 e. The molecule has 1 aliphatic heterocycles. The summed E-state index contributed by atoms with van der Waals surface area (Å²) in [4.78, 5) is 2.34. The number of hydrogen-bond donors (Lipinski definition) is 0. The molecule has 1 heterocycles. The smallest absolute Gasteiger partial charge is 0.142 e. The van der Waals surface area contributed by atoms with E-state index in [1.807, 2.05) is 18.2 Å². The van der Waals surface area contributed by atoms with Gasteiger partial charge in [-0.1, -0.05) is 12.1 Å². The van der Waals surface area contributed by atoms with Crippen LogP contribution < -0.4 is 14.4 Å². The van der Waals surface area contributed by atoms with E-state index in [4.69, 9.17) is 9.47 Å². The third kappa shape index (κ3) is 2.86. The molecule has 0 radical (unpaired) electrons.